The van der Waals surface area contributed by atoms with Crippen molar-refractivity contribution in [3.63, 3.8) is 0 Å². The number of fused-ring (bicyclic) bond motifs is 1. The second kappa shape index (κ2) is 5.82. The van der Waals surface area contributed by atoms with E-state index in [4.69, 9.17) is 0 Å². The molecule has 0 atom stereocenters. The summed E-state index contributed by atoms with van der Waals surface area (Å²) in [5.74, 6) is 1.49. The Bertz CT molecular complexity index is 671. The van der Waals surface area contributed by atoms with Crippen molar-refractivity contribution in [3.8, 4) is 0 Å². The second-order valence-electron chi connectivity index (χ2n) is 5.40. The molecule has 8 heteroatoms. The highest BCUT2D eigenvalue weighted by Gasteiger charge is 2.13. The van der Waals surface area contributed by atoms with Crippen molar-refractivity contribution < 1.29 is 0 Å². The van der Waals surface area contributed by atoms with Crippen LogP contribution in [0.4, 0.5) is 5.82 Å². The Morgan fingerprint density at radius 1 is 1.38 bits per heavy atom. The van der Waals surface area contributed by atoms with Gasteiger partial charge in [0.05, 0.1) is 0 Å². The minimum absolute atomic E-state index is 0.245. The summed E-state index contributed by atoms with van der Waals surface area (Å²) in [5.41, 5.74) is 0.363. The van der Waals surface area contributed by atoms with E-state index in [1.807, 2.05) is 20.0 Å². The molecule has 0 aliphatic carbocycles. The van der Waals surface area contributed by atoms with Crippen molar-refractivity contribution in [2.45, 2.75) is 6.92 Å². The highest BCUT2D eigenvalue weighted by molar-refractivity contribution is 5.50. The van der Waals surface area contributed by atoms with E-state index in [-0.39, 0.29) is 5.69 Å². The van der Waals surface area contributed by atoms with Gasteiger partial charge in [0.1, 0.15) is 11.6 Å². The molecule has 0 unspecified atom stereocenters. The first-order valence-electron chi connectivity index (χ1n) is 7.24. The Balaban J connectivity index is 1.72. The van der Waals surface area contributed by atoms with Crippen LogP contribution in [0.5, 0.6) is 0 Å². The Morgan fingerprint density at radius 3 is 2.90 bits per heavy atom. The molecule has 0 saturated carbocycles. The third-order valence-corrected chi connectivity index (χ3v) is 3.91. The van der Waals surface area contributed by atoms with Gasteiger partial charge in [0.15, 0.2) is 5.65 Å². The third kappa shape index (κ3) is 2.91. The summed E-state index contributed by atoms with van der Waals surface area (Å²) in [6.07, 6.45) is 0. The molecule has 0 bridgehead atoms. The Labute approximate surface area is 122 Å². The number of aryl methyl sites for hydroxylation is 1. The van der Waals surface area contributed by atoms with Crippen molar-refractivity contribution in [2.24, 2.45) is 0 Å². The number of aromatic amines is 1. The van der Waals surface area contributed by atoms with Crippen LogP contribution in [0.1, 0.15) is 5.82 Å². The fraction of sp³-hybridized carbons (Fsp3) is 0.615. The molecule has 21 heavy (non-hydrogen) atoms. The van der Waals surface area contributed by atoms with Crippen molar-refractivity contribution in [1.82, 2.24) is 29.8 Å². The van der Waals surface area contributed by atoms with Crippen LogP contribution in [0.25, 0.3) is 5.65 Å². The summed E-state index contributed by atoms with van der Waals surface area (Å²) < 4.78 is 1.48. The number of hydrogen-bond donors (Lipinski definition) is 2. The number of nitrogens with zero attached hydrogens (tertiary/aromatic N) is 5. The molecule has 2 N–H and O–H groups in total. The summed E-state index contributed by atoms with van der Waals surface area (Å²) in [7, 11) is 2.02. The number of rotatable bonds is 4. The van der Waals surface area contributed by atoms with Crippen LogP contribution in [-0.2, 0) is 0 Å². The highest BCUT2D eigenvalue weighted by Crippen LogP contribution is 2.12. The maximum atomic E-state index is 11.6. The molecule has 1 aliphatic heterocycles. The molecule has 1 fully saturated rings. The maximum absolute atomic E-state index is 11.6. The van der Waals surface area contributed by atoms with Gasteiger partial charge in [-0.1, -0.05) is 0 Å². The molecule has 3 heterocycles. The number of likely N-dealkylation sites (N-methyl/N-ethyl adjacent to an activating group) is 1. The first-order valence-corrected chi connectivity index (χ1v) is 7.24. The quantitative estimate of drug-likeness (QED) is 0.757. The van der Waals surface area contributed by atoms with Crippen LogP contribution >= 0.6 is 0 Å². The van der Waals surface area contributed by atoms with E-state index in [0.717, 1.165) is 45.1 Å². The van der Waals surface area contributed by atoms with Crippen LogP contribution < -0.4 is 15.9 Å². The molecule has 114 valence electrons. The highest BCUT2D eigenvalue weighted by atomic mass is 16.1. The van der Waals surface area contributed by atoms with E-state index in [1.54, 1.807) is 0 Å². The van der Waals surface area contributed by atoms with Crippen LogP contribution in [0.2, 0.25) is 0 Å². The molecule has 0 amide bonds. The van der Waals surface area contributed by atoms with Crippen molar-refractivity contribution in [1.29, 1.82) is 0 Å². The summed E-state index contributed by atoms with van der Waals surface area (Å²) in [6, 6.07) is 1.84. The van der Waals surface area contributed by atoms with Crippen molar-refractivity contribution in [3.05, 3.63) is 22.4 Å². The van der Waals surface area contributed by atoms with Gasteiger partial charge in [-0.25, -0.2) is 19.3 Å². The molecule has 1 aliphatic rings. The Morgan fingerprint density at radius 2 is 2.14 bits per heavy atom. The van der Waals surface area contributed by atoms with Crippen molar-refractivity contribution in [2.75, 3.05) is 51.2 Å². The zero-order valence-corrected chi connectivity index (χ0v) is 12.5. The lowest BCUT2D eigenvalue weighted by Crippen LogP contribution is -2.46. The summed E-state index contributed by atoms with van der Waals surface area (Å²) in [4.78, 5) is 20.6. The van der Waals surface area contributed by atoms with Gasteiger partial charge in [-0.2, -0.15) is 5.10 Å². The third-order valence-electron chi connectivity index (χ3n) is 3.91. The number of hydrogen-bond acceptors (Lipinski definition) is 6. The van der Waals surface area contributed by atoms with E-state index in [2.05, 4.69) is 30.3 Å². The number of anilines is 1. The summed E-state index contributed by atoms with van der Waals surface area (Å²) in [5, 5.41) is 9.82. The largest absolute Gasteiger partial charge is 0.358 e. The zero-order valence-electron chi connectivity index (χ0n) is 12.5. The molecule has 0 spiro atoms. The predicted octanol–water partition coefficient (Wildman–Crippen LogP) is -0.933. The van der Waals surface area contributed by atoms with Gasteiger partial charge in [-0.05, 0) is 6.92 Å². The summed E-state index contributed by atoms with van der Waals surface area (Å²) in [6.45, 7) is 8.03. The second-order valence-corrected chi connectivity index (χ2v) is 5.40. The number of aromatic nitrogens is 4. The van der Waals surface area contributed by atoms with E-state index >= 15 is 0 Å². The molecule has 1 saturated heterocycles. The minimum atomic E-state index is -0.245. The average Bonchev–Trinajstić information content (AvgIpc) is 2.87. The number of nitrogens with one attached hydrogen (secondary N) is 2. The van der Waals surface area contributed by atoms with Gasteiger partial charge in [-0.3, -0.25) is 4.90 Å². The van der Waals surface area contributed by atoms with Gasteiger partial charge in [0, 0.05) is 52.4 Å². The van der Waals surface area contributed by atoms with Gasteiger partial charge >= 0.3 is 5.69 Å². The molecule has 0 aromatic carbocycles. The average molecular weight is 291 g/mol. The lowest BCUT2D eigenvalue weighted by Gasteiger charge is -2.29. The lowest BCUT2D eigenvalue weighted by atomic mass is 10.3. The van der Waals surface area contributed by atoms with Gasteiger partial charge in [-0.15, -0.1) is 0 Å². The molecule has 0 radical (unpaired) electrons. The fourth-order valence-electron chi connectivity index (χ4n) is 2.62. The zero-order chi connectivity index (χ0) is 14.8. The molecule has 8 nitrogen and oxygen atoms in total. The van der Waals surface area contributed by atoms with E-state index < -0.39 is 0 Å². The van der Waals surface area contributed by atoms with Crippen LogP contribution in [0.15, 0.2) is 10.9 Å². The lowest BCUT2D eigenvalue weighted by molar-refractivity contribution is 0.246. The SMILES string of the molecule is Cc1nc(N(C)CCN2CCNCC2)cc2n[nH]c(=O)n12. The number of piperazine rings is 1. The van der Waals surface area contributed by atoms with Gasteiger partial charge in [0.2, 0.25) is 0 Å². The van der Waals surface area contributed by atoms with Gasteiger partial charge in [0.25, 0.3) is 0 Å². The normalized spacial score (nSPS) is 16.5. The summed E-state index contributed by atoms with van der Waals surface area (Å²) >= 11 is 0. The first kappa shape index (κ1) is 14.0. The van der Waals surface area contributed by atoms with E-state index in [1.165, 1.54) is 4.40 Å². The van der Waals surface area contributed by atoms with Crippen molar-refractivity contribution >= 4 is 11.5 Å². The van der Waals surface area contributed by atoms with Crippen LogP contribution in [0.3, 0.4) is 0 Å². The van der Waals surface area contributed by atoms with Gasteiger partial charge < -0.3 is 10.2 Å². The maximum Gasteiger partial charge on any atom is 0.349 e. The molecule has 2 aromatic heterocycles. The Kier molecular flexibility index (Phi) is 3.89. The van der Waals surface area contributed by atoms with Crippen LogP contribution in [0, 0.1) is 6.92 Å². The predicted molar refractivity (Wildman–Crippen MR) is 80.9 cm³/mol. The molecular weight excluding hydrogens is 270 g/mol. The monoisotopic (exact) mass is 291 g/mol. The number of H-pyrrole nitrogens is 1. The fourth-order valence-corrected chi connectivity index (χ4v) is 2.62. The smallest absolute Gasteiger partial charge is 0.349 e. The first-order chi connectivity index (χ1) is 10.1. The Hall–Kier alpha value is -1.93. The van der Waals surface area contributed by atoms with E-state index in [9.17, 15) is 4.79 Å². The standard InChI is InChI=1S/C13H21N7O/c1-10-15-11(9-12-16-17-13(21)20(10)12)18(2)7-8-19-5-3-14-4-6-19/h9,14H,3-8H2,1-2H3,(H,17,21). The molecule has 3 rings (SSSR count). The van der Waals surface area contributed by atoms with Crippen LogP contribution in [-0.4, -0.2) is 70.8 Å². The molecule has 2 aromatic rings. The van der Waals surface area contributed by atoms with E-state index in [0.29, 0.717) is 11.5 Å². The topological polar surface area (TPSA) is 81.6 Å². The molecular formula is C13H21N7O. The minimum Gasteiger partial charge on any atom is -0.358 e.